The fourth-order valence-electron chi connectivity index (χ4n) is 3.80. The van der Waals surface area contributed by atoms with Crippen LogP contribution in [0.1, 0.15) is 49.0 Å². The average molecular weight is 445 g/mol. The lowest BCUT2D eigenvalue weighted by molar-refractivity contribution is 0.0935. The van der Waals surface area contributed by atoms with Crippen LogP contribution in [0.3, 0.4) is 0 Å². The van der Waals surface area contributed by atoms with Crippen LogP contribution < -0.4 is 10.1 Å². The quantitative estimate of drug-likeness (QED) is 0.671. The summed E-state index contributed by atoms with van der Waals surface area (Å²) in [5, 5.41) is 2.98. The Hall–Kier alpha value is -2.38. The number of amides is 1. The third-order valence-corrected chi connectivity index (χ3v) is 7.78. The number of carbonyl (C=O) groups is 1. The number of nitrogens with zero attached hydrogens (tertiary/aromatic N) is 1. The molecule has 3 rings (SSSR count). The number of benzene rings is 2. The van der Waals surface area contributed by atoms with Crippen LogP contribution in [-0.2, 0) is 16.4 Å². The first kappa shape index (κ1) is 23.3. The fraction of sp³-hybridized carbons (Fsp3) is 0.458. The summed E-state index contributed by atoms with van der Waals surface area (Å²) in [4.78, 5) is 13.1. The summed E-state index contributed by atoms with van der Waals surface area (Å²) in [6.45, 7) is 5.10. The summed E-state index contributed by atoms with van der Waals surface area (Å²) in [5.74, 6) is 0.557. The van der Waals surface area contributed by atoms with Crippen molar-refractivity contribution in [2.75, 3.05) is 20.2 Å². The molecule has 0 aliphatic carbocycles. The molecule has 0 bridgehead atoms. The molecule has 1 saturated heterocycles. The lowest BCUT2D eigenvalue weighted by atomic mass is 10.0. The molecule has 0 aromatic heterocycles. The number of carbonyl (C=O) groups excluding carboxylic acids is 1. The molecule has 0 spiro atoms. The second-order valence-electron chi connectivity index (χ2n) is 8.35. The summed E-state index contributed by atoms with van der Waals surface area (Å²) in [6.07, 6.45) is 3.33. The van der Waals surface area contributed by atoms with E-state index < -0.39 is 10.0 Å². The fourth-order valence-corrected chi connectivity index (χ4v) is 5.30. The zero-order valence-corrected chi connectivity index (χ0v) is 19.3. The van der Waals surface area contributed by atoms with Crippen molar-refractivity contribution in [1.29, 1.82) is 0 Å². The predicted molar refractivity (Wildman–Crippen MR) is 122 cm³/mol. The van der Waals surface area contributed by atoms with Crippen molar-refractivity contribution < 1.29 is 17.9 Å². The van der Waals surface area contributed by atoms with E-state index in [-0.39, 0.29) is 22.4 Å². The van der Waals surface area contributed by atoms with Gasteiger partial charge in [0.1, 0.15) is 5.75 Å². The smallest absolute Gasteiger partial charge is 0.255 e. The topological polar surface area (TPSA) is 75.7 Å². The van der Waals surface area contributed by atoms with E-state index in [1.165, 1.54) is 29.1 Å². The summed E-state index contributed by atoms with van der Waals surface area (Å²) < 4.78 is 33.1. The van der Waals surface area contributed by atoms with Crippen molar-refractivity contribution in [2.24, 2.45) is 5.92 Å². The first-order valence-corrected chi connectivity index (χ1v) is 12.3. The predicted octanol–water partition coefficient (Wildman–Crippen LogP) is 3.87. The highest BCUT2D eigenvalue weighted by molar-refractivity contribution is 7.89. The van der Waals surface area contributed by atoms with E-state index in [1.807, 2.05) is 25.1 Å². The van der Waals surface area contributed by atoms with Crippen LogP contribution in [0, 0.1) is 5.92 Å². The molecule has 168 valence electrons. The molecule has 1 heterocycles. The van der Waals surface area contributed by atoms with Crippen LogP contribution >= 0.6 is 0 Å². The highest BCUT2D eigenvalue weighted by atomic mass is 32.2. The Kier molecular flexibility index (Phi) is 7.73. The maximum atomic E-state index is 13.1. The van der Waals surface area contributed by atoms with Gasteiger partial charge in [0.05, 0.1) is 17.6 Å². The van der Waals surface area contributed by atoms with Gasteiger partial charge in [-0.1, -0.05) is 37.3 Å². The average Bonchev–Trinajstić information content (AvgIpc) is 2.78. The zero-order chi connectivity index (χ0) is 22.4. The maximum absolute atomic E-state index is 13.1. The Labute approximate surface area is 185 Å². The molecule has 1 aliphatic heterocycles. The van der Waals surface area contributed by atoms with Crippen LogP contribution in [-0.4, -0.2) is 44.9 Å². The first-order valence-electron chi connectivity index (χ1n) is 10.8. The maximum Gasteiger partial charge on any atom is 0.255 e. The van der Waals surface area contributed by atoms with Gasteiger partial charge in [0, 0.05) is 19.1 Å². The molecule has 1 fully saturated rings. The molecule has 6 nitrogen and oxygen atoms in total. The van der Waals surface area contributed by atoms with Crippen LogP contribution in [0.5, 0.6) is 5.75 Å². The summed E-state index contributed by atoms with van der Waals surface area (Å²) in [5.41, 5.74) is 1.45. The standard InChI is InChI=1S/C24H32N2O4S/c1-18-13-15-26(16-14-18)31(28,29)21-11-12-23(30-3)22(17-21)24(27)25-19(2)9-10-20-7-5-4-6-8-20/h4-8,11-12,17-19H,9-10,13-16H2,1-3H3,(H,25,27)/t19-/m1/s1. The minimum Gasteiger partial charge on any atom is -0.496 e. The number of aryl methyl sites for hydroxylation is 1. The molecule has 1 amide bonds. The number of ether oxygens (including phenoxy) is 1. The number of piperidine rings is 1. The molecule has 0 saturated carbocycles. The Morgan fingerprint density at radius 2 is 1.84 bits per heavy atom. The van der Waals surface area contributed by atoms with Crippen molar-refractivity contribution in [3.05, 3.63) is 59.7 Å². The van der Waals surface area contributed by atoms with E-state index in [2.05, 4.69) is 24.4 Å². The van der Waals surface area contributed by atoms with E-state index in [1.54, 1.807) is 6.07 Å². The molecule has 2 aromatic carbocycles. The molecule has 1 N–H and O–H groups in total. The number of hydrogen-bond acceptors (Lipinski definition) is 4. The van der Waals surface area contributed by atoms with Gasteiger partial charge in [0.2, 0.25) is 10.0 Å². The van der Waals surface area contributed by atoms with Gasteiger partial charge < -0.3 is 10.1 Å². The minimum atomic E-state index is -3.64. The van der Waals surface area contributed by atoms with E-state index in [4.69, 9.17) is 4.74 Å². The molecule has 1 aliphatic rings. The molecule has 31 heavy (non-hydrogen) atoms. The third-order valence-electron chi connectivity index (χ3n) is 5.88. The summed E-state index contributed by atoms with van der Waals surface area (Å²) in [6, 6.07) is 14.5. The number of methoxy groups -OCH3 is 1. The first-order chi connectivity index (χ1) is 14.8. The van der Waals surface area contributed by atoms with Gasteiger partial charge in [0.25, 0.3) is 5.91 Å². The van der Waals surface area contributed by atoms with Crippen LogP contribution in [0.4, 0.5) is 0 Å². The Morgan fingerprint density at radius 3 is 2.48 bits per heavy atom. The van der Waals surface area contributed by atoms with E-state index in [0.717, 1.165) is 25.7 Å². The second-order valence-corrected chi connectivity index (χ2v) is 10.3. The SMILES string of the molecule is COc1ccc(S(=O)(=O)N2CCC(C)CC2)cc1C(=O)N[C@H](C)CCc1ccccc1. The number of rotatable bonds is 8. The van der Waals surface area contributed by atoms with Crippen molar-refractivity contribution in [1.82, 2.24) is 9.62 Å². The molecular weight excluding hydrogens is 412 g/mol. The Bertz CT molecular complexity index is 984. The van der Waals surface area contributed by atoms with Crippen molar-refractivity contribution in [3.8, 4) is 5.75 Å². The monoisotopic (exact) mass is 444 g/mol. The molecule has 2 aromatic rings. The molecular formula is C24H32N2O4S. The van der Waals surface area contributed by atoms with Gasteiger partial charge in [-0.2, -0.15) is 4.31 Å². The highest BCUT2D eigenvalue weighted by Crippen LogP contribution is 2.27. The molecule has 0 radical (unpaired) electrons. The normalized spacial score (nSPS) is 16.6. The van der Waals surface area contributed by atoms with Gasteiger partial charge >= 0.3 is 0 Å². The molecule has 1 atom stereocenters. The van der Waals surface area contributed by atoms with E-state index >= 15 is 0 Å². The third kappa shape index (κ3) is 5.86. The minimum absolute atomic E-state index is 0.0683. The van der Waals surface area contributed by atoms with Gasteiger partial charge in [0.15, 0.2) is 0 Å². The number of sulfonamides is 1. The van der Waals surface area contributed by atoms with Crippen molar-refractivity contribution in [2.45, 2.75) is 50.5 Å². The Morgan fingerprint density at radius 1 is 1.16 bits per heavy atom. The second kappa shape index (κ2) is 10.3. The Balaban J connectivity index is 1.73. The number of nitrogens with one attached hydrogen (secondary N) is 1. The van der Waals surface area contributed by atoms with Gasteiger partial charge in [-0.3, -0.25) is 4.79 Å². The van der Waals surface area contributed by atoms with Gasteiger partial charge in [-0.05, 0) is 62.3 Å². The lowest BCUT2D eigenvalue weighted by Crippen LogP contribution is -2.38. The zero-order valence-electron chi connectivity index (χ0n) is 18.5. The lowest BCUT2D eigenvalue weighted by Gasteiger charge is -2.29. The van der Waals surface area contributed by atoms with Crippen LogP contribution in [0.2, 0.25) is 0 Å². The number of hydrogen-bond donors (Lipinski definition) is 1. The highest BCUT2D eigenvalue weighted by Gasteiger charge is 2.29. The van der Waals surface area contributed by atoms with Crippen LogP contribution in [0.25, 0.3) is 0 Å². The van der Waals surface area contributed by atoms with Crippen molar-refractivity contribution in [3.63, 3.8) is 0 Å². The van der Waals surface area contributed by atoms with Gasteiger partial charge in [-0.15, -0.1) is 0 Å². The summed E-state index contributed by atoms with van der Waals surface area (Å²) in [7, 11) is -2.17. The molecule has 0 unspecified atom stereocenters. The molecule has 7 heteroatoms. The van der Waals surface area contributed by atoms with E-state index in [9.17, 15) is 13.2 Å². The van der Waals surface area contributed by atoms with Gasteiger partial charge in [-0.25, -0.2) is 8.42 Å². The van der Waals surface area contributed by atoms with Crippen LogP contribution in [0.15, 0.2) is 53.4 Å². The van der Waals surface area contributed by atoms with Crippen molar-refractivity contribution >= 4 is 15.9 Å². The summed E-state index contributed by atoms with van der Waals surface area (Å²) >= 11 is 0. The van der Waals surface area contributed by atoms with E-state index in [0.29, 0.717) is 24.8 Å². The largest absolute Gasteiger partial charge is 0.496 e.